The lowest BCUT2D eigenvalue weighted by Crippen LogP contribution is -2.35. The van der Waals surface area contributed by atoms with Gasteiger partial charge in [-0.15, -0.1) is 10.2 Å². The van der Waals surface area contributed by atoms with E-state index in [1.54, 1.807) is 7.11 Å². The summed E-state index contributed by atoms with van der Waals surface area (Å²) in [5, 5.41) is 11.9. The summed E-state index contributed by atoms with van der Waals surface area (Å²) in [5.41, 5.74) is 6.96. The zero-order chi connectivity index (χ0) is 16.5. The molecule has 1 aliphatic carbocycles. The predicted molar refractivity (Wildman–Crippen MR) is 88.4 cm³/mol. The molecule has 2 aromatic heterocycles. The fraction of sp³-hybridized carbons (Fsp3) is 0.625. The lowest BCUT2D eigenvalue weighted by molar-refractivity contribution is 0.177. The zero-order valence-corrected chi connectivity index (χ0v) is 13.9. The molecule has 2 aromatic rings. The molecule has 2 aliphatic rings. The Kier molecular flexibility index (Phi) is 4.15. The van der Waals surface area contributed by atoms with Gasteiger partial charge in [0.05, 0.1) is 6.54 Å². The van der Waals surface area contributed by atoms with E-state index in [0.29, 0.717) is 30.9 Å². The van der Waals surface area contributed by atoms with E-state index in [0.717, 1.165) is 55.4 Å². The molecule has 1 saturated carbocycles. The van der Waals surface area contributed by atoms with Crippen molar-refractivity contribution in [2.24, 2.45) is 5.73 Å². The molecule has 1 fully saturated rings. The highest BCUT2D eigenvalue weighted by molar-refractivity contribution is 5.38. The molecular formula is C16H23N7O. The van der Waals surface area contributed by atoms with E-state index in [2.05, 4.69) is 30.0 Å². The first-order valence-electron chi connectivity index (χ1n) is 8.50. The van der Waals surface area contributed by atoms with Gasteiger partial charge in [0.25, 0.3) is 0 Å². The fourth-order valence-electron chi connectivity index (χ4n) is 3.43. The van der Waals surface area contributed by atoms with E-state index in [9.17, 15) is 0 Å². The van der Waals surface area contributed by atoms with Crippen LogP contribution in [0.5, 0.6) is 0 Å². The van der Waals surface area contributed by atoms with E-state index < -0.39 is 0 Å². The van der Waals surface area contributed by atoms with E-state index in [1.807, 2.05) is 6.07 Å². The van der Waals surface area contributed by atoms with E-state index in [1.165, 1.54) is 0 Å². The molecule has 8 heteroatoms. The smallest absolute Gasteiger partial charge is 0.156 e. The summed E-state index contributed by atoms with van der Waals surface area (Å²) in [7, 11) is 1.65. The Hall–Kier alpha value is -2.06. The first kappa shape index (κ1) is 15.5. The molecular weight excluding hydrogens is 306 g/mol. The van der Waals surface area contributed by atoms with Crippen LogP contribution in [0.2, 0.25) is 0 Å². The van der Waals surface area contributed by atoms with Gasteiger partial charge in [0, 0.05) is 43.8 Å². The minimum absolute atomic E-state index is 0.297. The van der Waals surface area contributed by atoms with Crippen LogP contribution in [0.3, 0.4) is 0 Å². The minimum atomic E-state index is 0.297. The van der Waals surface area contributed by atoms with Crippen LogP contribution >= 0.6 is 0 Å². The minimum Gasteiger partial charge on any atom is -0.377 e. The number of aryl methyl sites for hydroxylation is 1. The number of nitrogens with two attached hydrogens (primary N) is 1. The van der Waals surface area contributed by atoms with Crippen LogP contribution in [-0.4, -0.2) is 37.9 Å². The highest BCUT2D eigenvalue weighted by Gasteiger charge is 2.29. The van der Waals surface area contributed by atoms with Crippen LogP contribution in [0.4, 0.5) is 5.82 Å². The van der Waals surface area contributed by atoms with Crippen LogP contribution in [0.1, 0.15) is 48.3 Å². The second kappa shape index (κ2) is 6.45. The molecule has 8 nitrogen and oxygen atoms in total. The first-order chi connectivity index (χ1) is 11.7. The summed E-state index contributed by atoms with van der Waals surface area (Å²) < 4.78 is 7.39. The van der Waals surface area contributed by atoms with Crippen LogP contribution in [0.25, 0.3) is 0 Å². The Morgan fingerprint density at radius 3 is 3.00 bits per heavy atom. The maximum absolute atomic E-state index is 5.91. The summed E-state index contributed by atoms with van der Waals surface area (Å²) in [6, 6.07) is 2.32. The summed E-state index contributed by atoms with van der Waals surface area (Å²) in [6.45, 7) is 2.02. The summed E-state index contributed by atoms with van der Waals surface area (Å²) in [4.78, 5) is 9.16. The number of ether oxygens (including phenoxy) is 1. The number of fused-ring (bicyclic) bond motifs is 1. The van der Waals surface area contributed by atoms with Gasteiger partial charge in [-0.25, -0.2) is 9.97 Å². The molecule has 0 amide bonds. The summed E-state index contributed by atoms with van der Waals surface area (Å²) in [5.74, 6) is 3.98. The van der Waals surface area contributed by atoms with Gasteiger partial charge in [-0.2, -0.15) is 0 Å². The number of nitrogens with one attached hydrogen (secondary N) is 1. The van der Waals surface area contributed by atoms with E-state index >= 15 is 0 Å². The van der Waals surface area contributed by atoms with Gasteiger partial charge in [-0.05, 0) is 19.3 Å². The predicted octanol–water partition coefficient (Wildman–Crippen LogP) is 0.977. The third-order valence-electron chi connectivity index (χ3n) is 4.77. The Morgan fingerprint density at radius 1 is 1.33 bits per heavy atom. The van der Waals surface area contributed by atoms with Gasteiger partial charge in [-0.3, -0.25) is 0 Å². The van der Waals surface area contributed by atoms with Crippen molar-refractivity contribution in [3.05, 3.63) is 29.2 Å². The number of aromatic nitrogens is 5. The highest BCUT2D eigenvalue weighted by atomic mass is 16.5. The molecule has 128 valence electrons. The molecule has 0 bridgehead atoms. The van der Waals surface area contributed by atoms with Crippen molar-refractivity contribution in [3.8, 4) is 0 Å². The van der Waals surface area contributed by atoms with Gasteiger partial charge >= 0.3 is 0 Å². The second-order valence-corrected chi connectivity index (χ2v) is 6.60. The zero-order valence-electron chi connectivity index (χ0n) is 13.9. The van der Waals surface area contributed by atoms with Gasteiger partial charge < -0.3 is 20.4 Å². The Bertz CT molecular complexity index is 723. The van der Waals surface area contributed by atoms with Gasteiger partial charge in [0.15, 0.2) is 11.6 Å². The molecule has 0 radical (unpaired) electrons. The number of nitrogens with zero attached hydrogens (tertiary/aromatic N) is 5. The quantitative estimate of drug-likeness (QED) is 0.814. The molecule has 3 heterocycles. The van der Waals surface area contributed by atoms with Gasteiger partial charge in [0.1, 0.15) is 18.2 Å². The fourth-order valence-corrected chi connectivity index (χ4v) is 3.43. The Morgan fingerprint density at radius 2 is 2.21 bits per heavy atom. The van der Waals surface area contributed by atoms with Gasteiger partial charge in [-0.1, -0.05) is 0 Å². The van der Waals surface area contributed by atoms with Crippen molar-refractivity contribution >= 4 is 5.82 Å². The second-order valence-electron chi connectivity index (χ2n) is 6.60. The van der Waals surface area contributed by atoms with Crippen LogP contribution in [0, 0.1) is 0 Å². The number of hydrogen-bond acceptors (Lipinski definition) is 7. The molecule has 1 aliphatic heterocycles. The van der Waals surface area contributed by atoms with Crippen molar-refractivity contribution in [2.45, 2.75) is 57.3 Å². The van der Waals surface area contributed by atoms with Crippen molar-refractivity contribution < 1.29 is 4.74 Å². The average molecular weight is 329 g/mol. The number of anilines is 1. The standard InChI is InChI=1S/C16H23N7O/c1-24-9-14-19-12(10-5-11(17)6-10)7-13(20-14)18-8-16-22-21-15-3-2-4-23(15)16/h7,10-11H,2-6,8-9,17H2,1H3,(H,18,19,20). The number of methoxy groups -OCH3 is 1. The average Bonchev–Trinajstić information content (AvgIpc) is 3.14. The molecule has 24 heavy (non-hydrogen) atoms. The molecule has 0 spiro atoms. The van der Waals surface area contributed by atoms with E-state index in [-0.39, 0.29) is 0 Å². The first-order valence-corrected chi connectivity index (χ1v) is 8.50. The maximum Gasteiger partial charge on any atom is 0.156 e. The lowest BCUT2D eigenvalue weighted by atomic mass is 9.78. The van der Waals surface area contributed by atoms with Crippen molar-refractivity contribution in [1.82, 2.24) is 24.7 Å². The highest BCUT2D eigenvalue weighted by Crippen LogP contribution is 2.35. The molecule has 0 saturated heterocycles. The monoisotopic (exact) mass is 329 g/mol. The maximum atomic E-state index is 5.91. The van der Waals surface area contributed by atoms with E-state index in [4.69, 9.17) is 10.5 Å². The summed E-state index contributed by atoms with van der Waals surface area (Å²) >= 11 is 0. The van der Waals surface area contributed by atoms with Crippen LogP contribution in [0.15, 0.2) is 6.07 Å². The van der Waals surface area contributed by atoms with Crippen molar-refractivity contribution in [1.29, 1.82) is 0 Å². The normalized spacial score (nSPS) is 22.2. The third kappa shape index (κ3) is 2.99. The Balaban J connectivity index is 1.50. The number of rotatable bonds is 6. The SMILES string of the molecule is COCc1nc(NCc2nnc3n2CCC3)cc(C2CC(N)C2)n1. The van der Waals surface area contributed by atoms with Gasteiger partial charge in [0.2, 0.25) is 0 Å². The molecule has 0 atom stereocenters. The molecule has 3 N–H and O–H groups in total. The summed E-state index contributed by atoms with van der Waals surface area (Å²) in [6.07, 6.45) is 4.14. The van der Waals surface area contributed by atoms with Crippen molar-refractivity contribution in [3.63, 3.8) is 0 Å². The van der Waals surface area contributed by atoms with Crippen molar-refractivity contribution in [2.75, 3.05) is 12.4 Å². The number of hydrogen-bond donors (Lipinski definition) is 2. The van der Waals surface area contributed by atoms with Crippen LogP contribution in [-0.2, 0) is 30.9 Å². The molecule has 0 aromatic carbocycles. The molecule has 4 rings (SSSR count). The lowest BCUT2D eigenvalue weighted by Gasteiger charge is -2.32. The third-order valence-corrected chi connectivity index (χ3v) is 4.77. The largest absolute Gasteiger partial charge is 0.377 e. The molecule has 0 unspecified atom stereocenters. The topological polar surface area (TPSA) is 104 Å². The van der Waals surface area contributed by atoms with Crippen LogP contribution < -0.4 is 11.1 Å². The Labute approximate surface area is 140 Å².